The summed E-state index contributed by atoms with van der Waals surface area (Å²) in [5, 5.41) is 0.896. The Labute approximate surface area is 70.0 Å². The van der Waals surface area contributed by atoms with Gasteiger partial charge < -0.3 is 9.47 Å². The highest BCUT2D eigenvalue weighted by Gasteiger charge is 2.12. The van der Waals surface area contributed by atoms with E-state index in [1.807, 2.05) is 0 Å². The average molecular weight is 209 g/mol. The lowest BCUT2D eigenvalue weighted by atomic mass is 10.2. The molecule has 3 heteroatoms. The van der Waals surface area contributed by atoms with Crippen molar-refractivity contribution in [2.45, 2.75) is 25.6 Å². The summed E-state index contributed by atoms with van der Waals surface area (Å²) in [6, 6.07) is 0. The van der Waals surface area contributed by atoms with Crippen LogP contribution in [0.25, 0.3) is 0 Å². The molecule has 0 saturated carbocycles. The highest BCUT2D eigenvalue weighted by Crippen LogP contribution is 2.13. The highest BCUT2D eigenvalue weighted by molar-refractivity contribution is 9.09. The van der Waals surface area contributed by atoms with Gasteiger partial charge in [0.25, 0.3) is 0 Å². The molecule has 0 bridgehead atoms. The maximum absolute atomic E-state index is 5.36. The van der Waals surface area contributed by atoms with Crippen LogP contribution >= 0.6 is 15.9 Å². The molecule has 0 N–H and O–H groups in total. The van der Waals surface area contributed by atoms with Gasteiger partial charge in [-0.15, -0.1) is 0 Å². The van der Waals surface area contributed by atoms with Gasteiger partial charge in [-0.25, -0.2) is 0 Å². The molecule has 60 valence electrons. The molecule has 0 aromatic heterocycles. The van der Waals surface area contributed by atoms with Crippen molar-refractivity contribution in [1.82, 2.24) is 0 Å². The molecule has 1 fully saturated rings. The molecule has 1 aliphatic rings. The first kappa shape index (κ1) is 8.50. The van der Waals surface area contributed by atoms with Crippen molar-refractivity contribution in [1.29, 1.82) is 0 Å². The second-order valence-corrected chi connectivity index (χ2v) is 3.15. The Balaban J connectivity index is 2.02. The molecular formula is C7H13BrO2. The van der Waals surface area contributed by atoms with Crippen LogP contribution in [0.1, 0.15) is 19.3 Å². The van der Waals surface area contributed by atoms with Crippen LogP contribution in [0.4, 0.5) is 0 Å². The van der Waals surface area contributed by atoms with Crippen LogP contribution in [-0.4, -0.2) is 24.8 Å². The molecule has 10 heavy (non-hydrogen) atoms. The van der Waals surface area contributed by atoms with Gasteiger partial charge in [0.05, 0.1) is 6.61 Å². The maximum Gasteiger partial charge on any atom is 0.157 e. The summed E-state index contributed by atoms with van der Waals surface area (Å²) in [4.78, 5) is 0. The first-order valence-electron chi connectivity index (χ1n) is 3.72. The smallest absolute Gasteiger partial charge is 0.157 e. The molecule has 0 aliphatic carbocycles. The minimum absolute atomic E-state index is 0.0753. The molecule has 2 nitrogen and oxygen atoms in total. The van der Waals surface area contributed by atoms with Crippen molar-refractivity contribution in [3.8, 4) is 0 Å². The fourth-order valence-electron chi connectivity index (χ4n) is 1.02. The average Bonchev–Trinajstić information content (AvgIpc) is 2.03. The Bertz CT molecular complexity index is 81.7. The second-order valence-electron chi connectivity index (χ2n) is 2.36. The molecule has 1 atom stereocenters. The lowest BCUT2D eigenvalue weighted by Gasteiger charge is -2.22. The van der Waals surface area contributed by atoms with E-state index in [-0.39, 0.29) is 6.29 Å². The van der Waals surface area contributed by atoms with Crippen molar-refractivity contribution < 1.29 is 9.47 Å². The lowest BCUT2D eigenvalue weighted by Crippen LogP contribution is -2.22. The van der Waals surface area contributed by atoms with Crippen LogP contribution in [0.5, 0.6) is 0 Å². The van der Waals surface area contributed by atoms with Crippen LogP contribution in [-0.2, 0) is 9.47 Å². The molecule has 0 amide bonds. The third kappa shape index (κ3) is 2.99. The Kier molecular flexibility index (Phi) is 4.34. The fourth-order valence-corrected chi connectivity index (χ4v) is 1.21. The predicted molar refractivity (Wildman–Crippen MR) is 43.3 cm³/mol. The Morgan fingerprint density at radius 2 is 2.40 bits per heavy atom. The first-order chi connectivity index (χ1) is 4.93. The second kappa shape index (κ2) is 5.10. The number of ether oxygens (including phenoxy) is 2. The molecule has 0 aromatic carbocycles. The number of rotatable bonds is 3. The van der Waals surface area contributed by atoms with Gasteiger partial charge in [-0.2, -0.15) is 0 Å². The van der Waals surface area contributed by atoms with E-state index in [4.69, 9.17) is 9.47 Å². The molecule has 0 aromatic rings. The van der Waals surface area contributed by atoms with E-state index in [9.17, 15) is 0 Å². The van der Waals surface area contributed by atoms with E-state index < -0.39 is 0 Å². The van der Waals surface area contributed by atoms with Gasteiger partial charge in [-0.1, -0.05) is 15.9 Å². The first-order valence-corrected chi connectivity index (χ1v) is 4.85. The summed E-state index contributed by atoms with van der Waals surface area (Å²) < 4.78 is 10.7. The van der Waals surface area contributed by atoms with Crippen LogP contribution in [0.2, 0.25) is 0 Å². The zero-order valence-corrected chi connectivity index (χ0v) is 7.60. The van der Waals surface area contributed by atoms with Gasteiger partial charge in [0.2, 0.25) is 0 Å². The minimum atomic E-state index is 0.0753. The molecule has 1 saturated heterocycles. The van der Waals surface area contributed by atoms with Gasteiger partial charge >= 0.3 is 0 Å². The molecular weight excluding hydrogens is 196 g/mol. The topological polar surface area (TPSA) is 18.5 Å². The molecule has 0 unspecified atom stereocenters. The van der Waals surface area contributed by atoms with Crippen molar-refractivity contribution in [2.75, 3.05) is 18.5 Å². The Hall–Kier alpha value is 0.400. The number of halogens is 1. The summed E-state index contributed by atoms with van der Waals surface area (Å²) in [5.74, 6) is 0. The standard InChI is InChI=1S/C7H13BrO2/c8-4-6-10-7-3-1-2-5-9-7/h7H,1-6H2/t7-/m0/s1. The highest BCUT2D eigenvalue weighted by atomic mass is 79.9. The van der Waals surface area contributed by atoms with Gasteiger partial charge in [0.15, 0.2) is 6.29 Å². The lowest BCUT2D eigenvalue weighted by molar-refractivity contribution is -0.158. The van der Waals surface area contributed by atoms with Crippen molar-refractivity contribution in [3.63, 3.8) is 0 Å². The van der Waals surface area contributed by atoms with E-state index in [0.717, 1.165) is 25.0 Å². The predicted octanol–water partition coefficient (Wildman–Crippen LogP) is 1.92. The molecule has 1 rings (SSSR count). The van der Waals surface area contributed by atoms with Crippen molar-refractivity contribution in [3.05, 3.63) is 0 Å². The molecule has 1 aliphatic heterocycles. The van der Waals surface area contributed by atoms with E-state index in [0.29, 0.717) is 0 Å². The number of hydrogen-bond donors (Lipinski definition) is 0. The summed E-state index contributed by atoms with van der Waals surface area (Å²) in [5.41, 5.74) is 0. The van der Waals surface area contributed by atoms with E-state index in [2.05, 4.69) is 15.9 Å². The van der Waals surface area contributed by atoms with Crippen LogP contribution in [0.15, 0.2) is 0 Å². The number of hydrogen-bond acceptors (Lipinski definition) is 2. The SMILES string of the molecule is BrCCO[C@H]1CCCCO1. The van der Waals surface area contributed by atoms with E-state index in [1.54, 1.807) is 0 Å². The van der Waals surface area contributed by atoms with Crippen LogP contribution < -0.4 is 0 Å². The zero-order valence-electron chi connectivity index (χ0n) is 6.01. The van der Waals surface area contributed by atoms with Gasteiger partial charge in [0.1, 0.15) is 0 Å². The van der Waals surface area contributed by atoms with Gasteiger partial charge in [-0.05, 0) is 19.3 Å². The van der Waals surface area contributed by atoms with Crippen LogP contribution in [0, 0.1) is 0 Å². The summed E-state index contributed by atoms with van der Waals surface area (Å²) in [6.45, 7) is 1.62. The Morgan fingerprint density at radius 3 is 3.00 bits per heavy atom. The quantitative estimate of drug-likeness (QED) is 0.661. The van der Waals surface area contributed by atoms with Gasteiger partial charge in [-0.3, -0.25) is 0 Å². The zero-order chi connectivity index (χ0) is 7.23. The summed E-state index contributed by atoms with van der Waals surface area (Å²) >= 11 is 3.30. The molecule has 0 spiro atoms. The number of alkyl halides is 1. The summed E-state index contributed by atoms with van der Waals surface area (Å²) in [6.07, 6.45) is 3.57. The summed E-state index contributed by atoms with van der Waals surface area (Å²) in [7, 11) is 0. The normalized spacial score (nSPS) is 26.7. The largest absolute Gasteiger partial charge is 0.353 e. The Morgan fingerprint density at radius 1 is 1.50 bits per heavy atom. The maximum atomic E-state index is 5.36. The third-order valence-electron chi connectivity index (χ3n) is 1.52. The fraction of sp³-hybridized carbons (Fsp3) is 1.00. The molecule has 0 radical (unpaired) electrons. The minimum Gasteiger partial charge on any atom is -0.353 e. The van der Waals surface area contributed by atoms with Gasteiger partial charge in [0, 0.05) is 11.9 Å². The molecule has 1 heterocycles. The third-order valence-corrected chi connectivity index (χ3v) is 1.84. The van der Waals surface area contributed by atoms with Crippen molar-refractivity contribution in [2.24, 2.45) is 0 Å². The van der Waals surface area contributed by atoms with E-state index >= 15 is 0 Å². The van der Waals surface area contributed by atoms with Crippen LogP contribution in [0.3, 0.4) is 0 Å². The monoisotopic (exact) mass is 208 g/mol. The van der Waals surface area contributed by atoms with Crippen molar-refractivity contribution >= 4 is 15.9 Å². The van der Waals surface area contributed by atoms with E-state index in [1.165, 1.54) is 12.8 Å².